The summed E-state index contributed by atoms with van der Waals surface area (Å²) in [7, 11) is 4.92. The van der Waals surface area contributed by atoms with E-state index in [1.165, 1.54) is 13.4 Å². The molecule has 1 atom stereocenters. The zero-order chi connectivity index (χ0) is 20.1. The number of amides is 2. The molecule has 10 heteroatoms. The molecule has 2 amide bonds. The molecule has 0 aliphatic carbocycles. The normalized spacial score (nSPS) is 11.6. The zero-order valence-corrected chi connectivity index (χ0v) is 16.4. The zero-order valence-electron chi connectivity index (χ0n) is 16.4. The molecule has 2 rings (SSSR count). The third kappa shape index (κ3) is 4.52. The molecule has 0 saturated carbocycles. The van der Waals surface area contributed by atoms with Crippen molar-refractivity contribution in [1.82, 2.24) is 19.7 Å². The van der Waals surface area contributed by atoms with Crippen LogP contribution in [0.25, 0.3) is 0 Å². The van der Waals surface area contributed by atoms with Crippen molar-refractivity contribution in [3.63, 3.8) is 0 Å². The molecule has 0 aliphatic heterocycles. The number of aryl methyl sites for hydroxylation is 1. The van der Waals surface area contributed by atoms with Crippen LogP contribution in [0.1, 0.15) is 32.0 Å². The summed E-state index contributed by atoms with van der Waals surface area (Å²) in [6.07, 6.45) is 2.21. The number of methoxy groups -OCH3 is 1. The number of rotatable bonds is 6. The van der Waals surface area contributed by atoms with E-state index in [9.17, 15) is 9.59 Å². The molecule has 2 heterocycles. The Bertz CT molecular complexity index is 832. The number of carbonyl (C=O) groups excluding carboxylic acids is 2. The quantitative estimate of drug-likeness (QED) is 0.737. The molecule has 2 N–H and O–H groups in total. The molecule has 10 nitrogen and oxygen atoms in total. The van der Waals surface area contributed by atoms with E-state index in [-0.39, 0.29) is 17.6 Å². The van der Waals surface area contributed by atoms with Gasteiger partial charge in [-0.1, -0.05) is 6.92 Å². The summed E-state index contributed by atoms with van der Waals surface area (Å²) in [5.74, 6) is -0.829. The first kappa shape index (κ1) is 20.1. The summed E-state index contributed by atoms with van der Waals surface area (Å²) in [5.41, 5.74) is 1.11. The predicted molar refractivity (Wildman–Crippen MR) is 102 cm³/mol. The molecule has 146 valence electrons. The lowest BCUT2D eigenvalue weighted by Gasteiger charge is -2.17. The fourth-order valence-electron chi connectivity index (χ4n) is 2.48. The minimum Gasteiger partial charge on any atom is -0.479 e. The van der Waals surface area contributed by atoms with Crippen molar-refractivity contribution in [2.75, 3.05) is 36.7 Å². The second kappa shape index (κ2) is 8.47. The molecule has 0 fully saturated rings. The van der Waals surface area contributed by atoms with Crippen molar-refractivity contribution >= 4 is 29.1 Å². The smallest absolute Gasteiger partial charge is 0.315 e. The highest BCUT2D eigenvalue weighted by molar-refractivity contribution is 6.43. The van der Waals surface area contributed by atoms with Gasteiger partial charge in [-0.2, -0.15) is 10.1 Å². The first-order chi connectivity index (χ1) is 12.8. The van der Waals surface area contributed by atoms with Crippen LogP contribution in [0.5, 0.6) is 5.88 Å². The molecule has 0 aromatic carbocycles. The molecule has 0 radical (unpaired) electrons. The molecular weight excluding hydrogens is 350 g/mol. The Morgan fingerprint density at radius 1 is 1.26 bits per heavy atom. The Hall–Kier alpha value is -3.17. The third-order valence-corrected chi connectivity index (χ3v) is 4.03. The van der Waals surface area contributed by atoms with Crippen LogP contribution >= 0.6 is 0 Å². The summed E-state index contributed by atoms with van der Waals surface area (Å²) in [5, 5.41) is 9.36. The number of nitrogens with zero attached hydrogens (tertiary/aromatic N) is 5. The van der Waals surface area contributed by atoms with E-state index in [1.54, 1.807) is 25.1 Å². The molecule has 0 aliphatic rings. The average molecular weight is 375 g/mol. The Morgan fingerprint density at radius 3 is 2.52 bits per heavy atom. The summed E-state index contributed by atoms with van der Waals surface area (Å²) in [6.45, 7) is 5.97. The molecule has 27 heavy (non-hydrogen) atoms. The molecule has 0 unspecified atom stereocenters. The highest BCUT2D eigenvalue weighted by atomic mass is 16.5. The summed E-state index contributed by atoms with van der Waals surface area (Å²) < 4.78 is 6.96. The van der Waals surface area contributed by atoms with Crippen molar-refractivity contribution in [3.8, 4) is 5.88 Å². The lowest BCUT2D eigenvalue weighted by molar-refractivity contribution is -0.133. The van der Waals surface area contributed by atoms with E-state index >= 15 is 0 Å². The first-order valence-corrected chi connectivity index (χ1v) is 8.53. The summed E-state index contributed by atoms with van der Waals surface area (Å²) >= 11 is 0. The van der Waals surface area contributed by atoms with Gasteiger partial charge in [0, 0.05) is 31.9 Å². The summed E-state index contributed by atoms with van der Waals surface area (Å²) in [6, 6.07) is 1.91. The monoisotopic (exact) mass is 375 g/mol. The van der Waals surface area contributed by atoms with Gasteiger partial charge in [-0.05, 0) is 20.3 Å². The SMILES string of the molecule is CC[C@H](C)n1nc(NC(=O)C(=O)Nc2c(OC)ncnc2N(C)C)cc1C. The predicted octanol–water partition coefficient (Wildman–Crippen LogP) is 1.60. The fraction of sp³-hybridized carbons (Fsp3) is 0.471. The van der Waals surface area contributed by atoms with E-state index in [1.807, 2.05) is 18.5 Å². The number of anilines is 3. The number of aromatic nitrogens is 4. The number of nitrogens with one attached hydrogen (secondary N) is 2. The van der Waals surface area contributed by atoms with Crippen LogP contribution in [0.2, 0.25) is 0 Å². The maximum absolute atomic E-state index is 12.4. The number of hydrogen-bond donors (Lipinski definition) is 2. The topological polar surface area (TPSA) is 114 Å². The minimum absolute atomic E-state index is 0.159. The van der Waals surface area contributed by atoms with Gasteiger partial charge < -0.3 is 20.3 Å². The minimum atomic E-state index is -0.873. The lowest BCUT2D eigenvalue weighted by Crippen LogP contribution is -2.30. The standard InChI is InChI=1S/C17H25N7O3/c1-7-10(2)24-11(3)8-12(22-24)20-15(25)16(26)21-13-14(23(4)5)18-9-19-17(13)27-6/h8-10H,7H2,1-6H3,(H,21,26)(H,20,22,25)/t10-/m0/s1. The van der Waals surface area contributed by atoms with Crippen molar-refractivity contribution < 1.29 is 14.3 Å². The van der Waals surface area contributed by atoms with Crippen LogP contribution in [0.4, 0.5) is 17.3 Å². The maximum Gasteiger partial charge on any atom is 0.315 e. The van der Waals surface area contributed by atoms with Gasteiger partial charge in [0.1, 0.15) is 12.0 Å². The van der Waals surface area contributed by atoms with E-state index in [0.29, 0.717) is 11.6 Å². The second-order valence-electron chi connectivity index (χ2n) is 6.26. The van der Waals surface area contributed by atoms with Crippen LogP contribution in [0.15, 0.2) is 12.4 Å². The van der Waals surface area contributed by atoms with E-state index in [4.69, 9.17) is 4.74 Å². The Balaban J connectivity index is 2.17. The summed E-state index contributed by atoms with van der Waals surface area (Å²) in [4.78, 5) is 34.4. The average Bonchev–Trinajstić information content (AvgIpc) is 3.00. The van der Waals surface area contributed by atoms with Gasteiger partial charge in [0.2, 0.25) is 5.88 Å². The van der Waals surface area contributed by atoms with Crippen molar-refractivity contribution in [2.45, 2.75) is 33.2 Å². The Morgan fingerprint density at radius 2 is 1.93 bits per heavy atom. The Kier molecular flexibility index (Phi) is 6.32. The largest absolute Gasteiger partial charge is 0.479 e. The van der Waals surface area contributed by atoms with Crippen LogP contribution < -0.4 is 20.3 Å². The first-order valence-electron chi connectivity index (χ1n) is 8.53. The Labute approximate surface area is 157 Å². The van der Waals surface area contributed by atoms with Gasteiger partial charge in [0.05, 0.1) is 7.11 Å². The van der Waals surface area contributed by atoms with E-state index in [2.05, 4.69) is 32.6 Å². The molecule has 0 spiro atoms. The van der Waals surface area contributed by atoms with Crippen molar-refractivity contribution in [2.24, 2.45) is 0 Å². The van der Waals surface area contributed by atoms with Crippen molar-refractivity contribution in [3.05, 3.63) is 18.1 Å². The maximum atomic E-state index is 12.4. The molecule has 0 saturated heterocycles. The van der Waals surface area contributed by atoms with E-state index in [0.717, 1.165) is 12.1 Å². The number of hydrogen-bond acceptors (Lipinski definition) is 7. The highest BCUT2D eigenvalue weighted by Crippen LogP contribution is 2.29. The molecular formula is C17H25N7O3. The molecule has 2 aromatic heterocycles. The van der Waals surface area contributed by atoms with Gasteiger partial charge >= 0.3 is 11.8 Å². The molecule has 2 aromatic rings. The lowest BCUT2D eigenvalue weighted by atomic mass is 10.2. The van der Waals surface area contributed by atoms with Crippen LogP contribution in [0, 0.1) is 6.92 Å². The molecule has 0 bridgehead atoms. The van der Waals surface area contributed by atoms with Crippen LogP contribution in [-0.2, 0) is 9.59 Å². The van der Waals surface area contributed by atoms with Gasteiger partial charge in [-0.15, -0.1) is 0 Å². The number of carbonyl (C=O) groups is 2. The van der Waals surface area contributed by atoms with Crippen molar-refractivity contribution in [1.29, 1.82) is 0 Å². The fourth-order valence-corrected chi connectivity index (χ4v) is 2.48. The van der Waals surface area contributed by atoms with Gasteiger partial charge in [-0.25, -0.2) is 4.98 Å². The van der Waals surface area contributed by atoms with Gasteiger partial charge in [0.15, 0.2) is 11.6 Å². The van der Waals surface area contributed by atoms with Gasteiger partial charge in [0.25, 0.3) is 0 Å². The van der Waals surface area contributed by atoms with Gasteiger partial charge in [-0.3, -0.25) is 14.3 Å². The van der Waals surface area contributed by atoms with E-state index < -0.39 is 11.8 Å². The van der Waals surface area contributed by atoms with Crippen LogP contribution in [0.3, 0.4) is 0 Å². The number of ether oxygens (including phenoxy) is 1. The highest BCUT2D eigenvalue weighted by Gasteiger charge is 2.22. The third-order valence-electron chi connectivity index (χ3n) is 4.03. The second-order valence-corrected chi connectivity index (χ2v) is 6.26. The van der Waals surface area contributed by atoms with Crippen LogP contribution in [-0.4, -0.2) is 52.8 Å².